The molecular formula is C15H23N3O. The van der Waals surface area contributed by atoms with Gasteiger partial charge < -0.3 is 10.5 Å². The minimum absolute atomic E-state index is 0.324. The molecule has 0 saturated carbocycles. The molecule has 2 bridgehead atoms. The van der Waals surface area contributed by atoms with Gasteiger partial charge in [0.2, 0.25) is 0 Å². The summed E-state index contributed by atoms with van der Waals surface area (Å²) in [5.41, 5.74) is 9.17. The number of hydrogen-bond donors (Lipinski definition) is 1. The average Bonchev–Trinajstić information content (AvgIpc) is 2.99. The molecule has 104 valence electrons. The van der Waals surface area contributed by atoms with Gasteiger partial charge in [0.1, 0.15) is 5.82 Å². The molecule has 0 spiro atoms. The van der Waals surface area contributed by atoms with Crippen molar-refractivity contribution in [1.29, 1.82) is 0 Å². The molecule has 3 rings (SSSR count). The van der Waals surface area contributed by atoms with Crippen molar-refractivity contribution in [3.8, 4) is 0 Å². The van der Waals surface area contributed by atoms with Crippen LogP contribution >= 0.6 is 0 Å². The van der Waals surface area contributed by atoms with E-state index in [0.717, 1.165) is 30.1 Å². The zero-order chi connectivity index (χ0) is 13.6. The Kier molecular flexibility index (Phi) is 3.31. The van der Waals surface area contributed by atoms with Gasteiger partial charge in [-0.3, -0.25) is 0 Å². The molecule has 4 unspecified atom stereocenters. The Bertz CT molecular complexity index is 465. The van der Waals surface area contributed by atoms with Crippen LogP contribution in [0.3, 0.4) is 0 Å². The SMILES string of the molecule is Cc1nc(C2CC3CCC2O3)nc(C)c1C(C)CN. The van der Waals surface area contributed by atoms with Crippen LogP contribution in [0.5, 0.6) is 0 Å². The quantitative estimate of drug-likeness (QED) is 0.906. The zero-order valence-corrected chi connectivity index (χ0v) is 12.0. The summed E-state index contributed by atoms with van der Waals surface area (Å²) >= 11 is 0. The first-order valence-electron chi connectivity index (χ1n) is 7.30. The minimum atomic E-state index is 0.324. The predicted octanol–water partition coefficient (Wildman–Crippen LogP) is 2.19. The van der Waals surface area contributed by atoms with Crippen LogP contribution in [0.15, 0.2) is 0 Å². The predicted molar refractivity (Wildman–Crippen MR) is 74.2 cm³/mol. The Balaban J connectivity index is 1.92. The number of nitrogens with zero attached hydrogens (tertiary/aromatic N) is 2. The summed E-state index contributed by atoms with van der Waals surface area (Å²) in [5, 5.41) is 0. The Hall–Kier alpha value is -1.00. The van der Waals surface area contributed by atoms with Crippen LogP contribution in [0.4, 0.5) is 0 Å². The topological polar surface area (TPSA) is 61.0 Å². The van der Waals surface area contributed by atoms with Crippen molar-refractivity contribution in [2.45, 2.75) is 64.1 Å². The van der Waals surface area contributed by atoms with Crippen LogP contribution in [0.25, 0.3) is 0 Å². The first-order valence-corrected chi connectivity index (χ1v) is 7.30. The number of hydrogen-bond acceptors (Lipinski definition) is 4. The van der Waals surface area contributed by atoms with Gasteiger partial charge in [-0.2, -0.15) is 0 Å². The lowest BCUT2D eigenvalue weighted by molar-refractivity contribution is 0.0998. The molecule has 2 N–H and O–H groups in total. The summed E-state index contributed by atoms with van der Waals surface area (Å²) in [6.07, 6.45) is 4.26. The molecule has 4 atom stereocenters. The summed E-state index contributed by atoms with van der Waals surface area (Å²) < 4.78 is 5.92. The van der Waals surface area contributed by atoms with E-state index in [1.807, 2.05) is 0 Å². The molecule has 2 saturated heterocycles. The highest BCUT2D eigenvalue weighted by molar-refractivity contribution is 5.29. The highest BCUT2D eigenvalue weighted by Gasteiger charge is 2.43. The molecule has 0 aromatic carbocycles. The van der Waals surface area contributed by atoms with Gasteiger partial charge >= 0.3 is 0 Å². The highest BCUT2D eigenvalue weighted by Crippen LogP contribution is 2.43. The fourth-order valence-electron chi connectivity index (χ4n) is 3.66. The monoisotopic (exact) mass is 261 g/mol. The van der Waals surface area contributed by atoms with E-state index in [9.17, 15) is 0 Å². The maximum atomic E-state index is 5.92. The van der Waals surface area contributed by atoms with Crippen molar-refractivity contribution < 1.29 is 4.74 Å². The van der Waals surface area contributed by atoms with Gasteiger partial charge in [0, 0.05) is 17.3 Å². The number of fused-ring (bicyclic) bond motifs is 2. The van der Waals surface area contributed by atoms with Crippen molar-refractivity contribution in [2.75, 3.05) is 6.54 Å². The molecule has 2 fully saturated rings. The van der Waals surface area contributed by atoms with Crippen molar-refractivity contribution in [1.82, 2.24) is 9.97 Å². The van der Waals surface area contributed by atoms with Crippen LogP contribution < -0.4 is 5.73 Å². The molecule has 2 aliphatic rings. The smallest absolute Gasteiger partial charge is 0.134 e. The van der Waals surface area contributed by atoms with Crippen LogP contribution in [-0.4, -0.2) is 28.7 Å². The Morgan fingerprint density at radius 3 is 2.42 bits per heavy atom. The highest BCUT2D eigenvalue weighted by atomic mass is 16.5. The van der Waals surface area contributed by atoms with Crippen LogP contribution in [-0.2, 0) is 4.74 Å². The van der Waals surface area contributed by atoms with Crippen LogP contribution in [0.1, 0.15) is 60.8 Å². The van der Waals surface area contributed by atoms with E-state index in [-0.39, 0.29) is 0 Å². The van der Waals surface area contributed by atoms with Crippen molar-refractivity contribution >= 4 is 0 Å². The van der Waals surface area contributed by atoms with E-state index >= 15 is 0 Å². The Morgan fingerprint density at radius 1 is 1.26 bits per heavy atom. The van der Waals surface area contributed by atoms with E-state index in [2.05, 4.69) is 20.8 Å². The number of aryl methyl sites for hydroxylation is 2. The first kappa shape index (κ1) is 13.0. The molecule has 2 aliphatic heterocycles. The molecule has 3 heterocycles. The van der Waals surface area contributed by atoms with E-state index in [1.165, 1.54) is 12.0 Å². The second-order valence-corrected chi connectivity index (χ2v) is 6.02. The fraction of sp³-hybridized carbons (Fsp3) is 0.733. The van der Waals surface area contributed by atoms with Crippen LogP contribution in [0.2, 0.25) is 0 Å². The van der Waals surface area contributed by atoms with E-state index in [1.54, 1.807) is 0 Å². The molecule has 0 radical (unpaired) electrons. The summed E-state index contributed by atoms with van der Waals surface area (Å²) in [5.74, 6) is 1.71. The second-order valence-electron chi connectivity index (χ2n) is 6.02. The Labute approximate surface area is 114 Å². The molecule has 0 amide bonds. The molecule has 1 aromatic rings. The van der Waals surface area contributed by atoms with Gasteiger partial charge in [-0.15, -0.1) is 0 Å². The molecule has 0 aliphatic carbocycles. The molecule has 4 nitrogen and oxygen atoms in total. The fourth-order valence-corrected chi connectivity index (χ4v) is 3.66. The lowest BCUT2D eigenvalue weighted by Gasteiger charge is -2.21. The van der Waals surface area contributed by atoms with Crippen molar-refractivity contribution in [2.24, 2.45) is 5.73 Å². The Morgan fingerprint density at radius 2 is 1.95 bits per heavy atom. The first-order chi connectivity index (χ1) is 9.10. The minimum Gasteiger partial charge on any atom is -0.374 e. The van der Waals surface area contributed by atoms with Crippen molar-refractivity contribution in [3.63, 3.8) is 0 Å². The lowest BCUT2D eigenvalue weighted by Crippen LogP contribution is -2.20. The normalized spacial score (nSPS) is 30.8. The van der Waals surface area contributed by atoms with E-state index in [0.29, 0.717) is 30.6 Å². The zero-order valence-electron chi connectivity index (χ0n) is 12.0. The second kappa shape index (κ2) is 4.84. The largest absolute Gasteiger partial charge is 0.374 e. The lowest BCUT2D eigenvalue weighted by atomic mass is 9.88. The van der Waals surface area contributed by atoms with Gasteiger partial charge in [-0.25, -0.2) is 9.97 Å². The maximum absolute atomic E-state index is 5.92. The number of rotatable bonds is 3. The molecular weight excluding hydrogens is 238 g/mol. The van der Waals surface area contributed by atoms with E-state index < -0.39 is 0 Å². The average molecular weight is 261 g/mol. The summed E-state index contributed by atoms with van der Waals surface area (Å²) in [6.45, 7) is 6.93. The van der Waals surface area contributed by atoms with Gasteiger partial charge in [0.05, 0.1) is 12.2 Å². The van der Waals surface area contributed by atoms with Gasteiger partial charge in [-0.05, 0) is 51.1 Å². The third-order valence-corrected chi connectivity index (χ3v) is 4.63. The maximum Gasteiger partial charge on any atom is 0.134 e. The molecule has 19 heavy (non-hydrogen) atoms. The third-order valence-electron chi connectivity index (χ3n) is 4.63. The number of nitrogens with two attached hydrogens (primary N) is 1. The summed E-state index contributed by atoms with van der Waals surface area (Å²) in [6, 6.07) is 0. The van der Waals surface area contributed by atoms with Crippen molar-refractivity contribution in [3.05, 3.63) is 22.8 Å². The molecule has 4 heteroatoms. The third kappa shape index (κ3) is 2.17. The summed E-state index contributed by atoms with van der Waals surface area (Å²) in [4.78, 5) is 9.51. The van der Waals surface area contributed by atoms with Crippen LogP contribution in [0, 0.1) is 13.8 Å². The number of aromatic nitrogens is 2. The van der Waals surface area contributed by atoms with Gasteiger partial charge in [0.15, 0.2) is 0 Å². The van der Waals surface area contributed by atoms with E-state index in [4.69, 9.17) is 20.4 Å². The van der Waals surface area contributed by atoms with Gasteiger partial charge in [0.25, 0.3) is 0 Å². The summed E-state index contributed by atoms with van der Waals surface area (Å²) in [7, 11) is 0. The standard InChI is InChI=1S/C15H23N3O/c1-8(7-16)14-9(2)17-15(18-10(14)3)12-6-11-4-5-13(12)19-11/h8,11-13H,4-7,16H2,1-3H3. The molecule has 1 aromatic heterocycles. The number of ether oxygens (including phenoxy) is 1. The van der Waals surface area contributed by atoms with Gasteiger partial charge in [-0.1, -0.05) is 6.92 Å².